The van der Waals surface area contributed by atoms with E-state index in [9.17, 15) is 9.59 Å². The molecule has 6 rings (SSSR count). The number of carbonyl (C=O) groups is 2. The predicted molar refractivity (Wildman–Crippen MR) is 167 cm³/mol. The van der Waals surface area contributed by atoms with Crippen LogP contribution in [0.1, 0.15) is 85.4 Å². The number of hydrogen-bond acceptors (Lipinski definition) is 6. The molecule has 2 aromatic rings. The average molecular weight is 590 g/mol. The van der Waals surface area contributed by atoms with E-state index in [0.29, 0.717) is 45.1 Å². The molecule has 1 spiro atoms. The molecular formula is C35H47N3O5. The fourth-order valence-corrected chi connectivity index (χ4v) is 7.29. The van der Waals surface area contributed by atoms with Crippen LogP contribution >= 0.6 is 0 Å². The van der Waals surface area contributed by atoms with Crippen molar-refractivity contribution in [2.45, 2.75) is 70.8 Å². The van der Waals surface area contributed by atoms with Crippen molar-refractivity contribution in [3.8, 4) is 11.5 Å². The number of ether oxygens (including phenoxy) is 3. The first-order chi connectivity index (χ1) is 21.0. The maximum absolute atomic E-state index is 13.7. The molecule has 2 aromatic carbocycles. The fraction of sp³-hybridized carbons (Fsp3) is 0.600. The molecule has 4 aliphatic rings. The van der Waals surface area contributed by atoms with Crippen LogP contribution in [-0.2, 0) is 4.74 Å². The van der Waals surface area contributed by atoms with Crippen molar-refractivity contribution in [3.05, 3.63) is 53.6 Å². The van der Waals surface area contributed by atoms with Crippen LogP contribution < -0.4 is 14.4 Å². The highest BCUT2D eigenvalue weighted by molar-refractivity contribution is 5.96. The van der Waals surface area contributed by atoms with Crippen LogP contribution in [0.2, 0.25) is 0 Å². The molecule has 4 aliphatic heterocycles. The molecule has 2 amide bonds. The van der Waals surface area contributed by atoms with E-state index in [0.717, 1.165) is 87.3 Å². The molecule has 0 aromatic heterocycles. The monoisotopic (exact) mass is 589 g/mol. The molecule has 0 N–H and O–H groups in total. The summed E-state index contributed by atoms with van der Waals surface area (Å²) in [7, 11) is 0. The number of anilines is 1. The van der Waals surface area contributed by atoms with E-state index in [1.54, 1.807) is 0 Å². The quantitative estimate of drug-likeness (QED) is 0.450. The molecule has 4 heterocycles. The van der Waals surface area contributed by atoms with Crippen LogP contribution in [0.5, 0.6) is 11.5 Å². The van der Waals surface area contributed by atoms with Crippen molar-refractivity contribution in [1.29, 1.82) is 0 Å². The molecule has 0 saturated carbocycles. The molecule has 43 heavy (non-hydrogen) atoms. The smallest absolute Gasteiger partial charge is 0.254 e. The number of rotatable bonds is 4. The Morgan fingerprint density at radius 1 is 0.953 bits per heavy atom. The molecule has 0 radical (unpaired) electrons. The Morgan fingerprint density at radius 3 is 2.60 bits per heavy atom. The lowest BCUT2D eigenvalue weighted by Crippen LogP contribution is -2.45. The summed E-state index contributed by atoms with van der Waals surface area (Å²) in [6.45, 7) is 8.72. The highest BCUT2D eigenvalue weighted by Crippen LogP contribution is 2.39. The number of fused-ring (bicyclic) bond motifs is 3. The molecule has 0 aliphatic carbocycles. The Kier molecular flexibility index (Phi) is 9.41. The number of amides is 2. The second-order valence-corrected chi connectivity index (χ2v) is 12.7. The molecule has 8 heteroatoms. The summed E-state index contributed by atoms with van der Waals surface area (Å²) in [5.41, 5.74) is 2.43. The topological polar surface area (TPSA) is 71.5 Å². The van der Waals surface area contributed by atoms with Crippen LogP contribution in [0, 0.1) is 5.41 Å². The highest BCUT2D eigenvalue weighted by Gasteiger charge is 2.37. The van der Waals surface area contributed by atoms with E-state index in [1.807, 2.05) is 59.2 Å². The normalized spacial score (nSPS) is 23.0. The van der Waals surface area contributed by atoms with Crippen molar-refractivity contribution in [2.24, 2.45) is 5.41 Å². The first-order valence-electron chi connectivity index (χ1n) is 16.5. The van der Waals surface area contributed by atoms with Crippen molar-refractivity contribution in [3.63, 3.8) is 0 Å². The van der Waals surface area contributed by atoms with Crippen molar-refractivity contribution >= 4 is 17.5 Å². The molecule has 3 fully saturated rings. The van der Waals surface area contributed by atoms with Gasteiger partial charge in [-0.1, -0.05) is 12.5 Å². The zero-order valence-electron chi connectivity index (χ0n) is 25.7. The molecular weight excluding hydrogens is 542 g/mol. The van der Waals surface area contributed by atoms with Gasteiger partial charge in [-0.05, 0) is 94.7 Å². The van der Waals surface area contributed by atoms with Crippen molar-refractivity contribution in [1.82, 2.24) is 9.80 Å². The summed E-state index contributed by atoms with van der Waals surface area (Å²) in [4.78, 5) is 33.4. The largest absolute Gasteiger partial charge is 0.493 e. The minimum atomic E-state index is -0.0173. The van der Waals surface area contributed by atoms with Gasteiger partial charge in [0.2, 0.25) is 0 Å². The first-order valence-corrected chi connectivity index (χ1v) is 16.5. The molecule has 1 atom stereocenters. The van der Waals surface area contributed by atoms with Gasteiger partial charge in [0.1, 0.15) is 11.5 Å². The third-order valence-electron chi connectivity index (χ3n) is 9.88. The number of benzene rings is 2. The molecule has 8 nitrogen and oxygen atoms in total. The van der Waals surface area contributed by atoms with Gasteiger partial charge in [-0.15, -0.1) is 0 Å². The fourth-order valence-electron chi connectivity index (χ4n) is 7.29. The lowest BCUT2D eigenvalue weighted by atomic mass is 9.75. The van der Waals surface area contributed by atoms with Crippen molar-refractivity contribution < 1.29 is 23.8 Å². The molecule has 2 bridgehead atoms. The van der Waals surface area contributed by atoms with Crippen LogP contribution in [0.3, 0.4) is 0 Å². The Morgan fingerprint density at radius 2 is 1.79 bits per heavy atom. The van der Waals surface area contributed by atoms with Gasteiger partial charge in [0.15, 0.2) is 0 Å². The highest BCUT2D eigenvalue weighted by atomic mass is 16.5. The number of nitrogens with zero attached hydrogens (tertiary/aromatic N) is 3. The maximum Gasteiger partial charge on any atom is 0.254 e. The van der Waals surface area contributed by atoms with Crippen LogP contribution in [0.4, 0.5) is 5.69 Å². The van der Waals surface area contributed by atoms with Gasteiger partial charge in [0, 0.05) is 55.9 Å². The van der Waals surface area contributed by atoms with Gasteiger partial charge in [0.05, 0.1) is 31.5 Å². The lowest BCUT2D eigenvalue weighted by molar-refractivity contribution is 0.0332. The molecule has 0 unspecified atom stereocenters. The Bertz CT molecular complexity index is 1270. The average Bonchev–Trinajstić information content (AvgIpc) is 3.75. The van der Waals surface area contributed by atoms with Gasteiger partial charge in [-0.2, -0.15) is 0 Å². The SMILES string of the molecule is CCOc1ccc(C(=O)N2CCC3(CCCCOC[C@@H]4CCCN4C(=O)c4cccc(c4)OC3)CC2)cc1N1CCCC1. The summed E-state index contributed by atoms with van der Waals surface area (Å²) in [6, 6.07) is 13.7. The van der Waals surface area contributed by atoms with E-state index < -0.39 is 0 Å². The van der Waals surface area contributed by atoms with Crippen LogP contribution in [0.25, 0.3) is 0 Å². The van der Waals surface area contributed by atoms with E-state index in [1.165, 1.54) is 12.8 Å². The third-order valence-corrected chi connectivity index (χ3v) is 9.88. The van der Waals surface area contributed by atoms with E-state index in [-0.39, 0.29) is 23.3 Å². The third kappa shape index (κ3) is 6.79. The zero-order chi connectivity index (χ0) is 29.6. The Balaban J connectivity index is 1.14. The number of piperidine rings is 1. The van der Waals surface area contributed by atoms with Gasteiger partial charge in [-0.3, -0.25) is 9.59 Å². The second-order valence-electron chi connectivity index (χ2n) is 12.7. The number of carbonyl (C=O) groups excluding carboxylic acids is 2. The van der Waals surface area contributed by atoms with E-state index in [2.05, 4.69) is 4.90 Å². The van der Waals surface area contributed by atoms with Crippen molar-refractivity contribution in [2.75, 3.05) is 64.1 Å². The van der Waals surface area contributed by atoms with Gasteiger partial charge in [-0.25, -0.2) is 0 Å². The Labute approximate surface area is 256 Å². The number of likely N-dealkylation sites (tertiary alicyclic amines) is 1. The molecule has 3 saturated heterocycles. The van der Waals surface area contributed by atoms with E-state index >= 15 is 0 Å². The molecule has 232 valence electrons. The predicted octanol–water partition coefficient (Wildman–Crippen LogP) is 5.79. The maximum atomic E-state index is 13.7. The lowest BCUT2D eigenvalue weighted by Gasteiger charge is -2.42. The van der Waals surface area contributed by atoms with Gasteiger partial charge < -0.3 is 28.9 Å². The minimum absolute atomic E-state index is 0.0173. The summed E-state index contributed by atoms with van der Waals surface area (Å²) in [6.07, 6.45) is 9.24. The summed E-state index contributed by atoms with van der Waals surface area (Å²) < 4.78 is 18.4. The zero-order valence-corrected chi connectivity index (χ0v) is 25.7. The van der Waals surface area contributed by atoms with E-state index in [4.69, 9.17) is 14.2 Å². The van der Waals surface area contributed by atoms with Gasteiger partial charge in [0.25, 0.3) is 11.8 Å². The van der Waals surface area contributed by atoms with Crippen LogP contribution in [-0.4, -0.2) is 86.8 Å². The summed E-state index contributed by atoms with van der Waals surface area (Å²) in [5.74, 6) is 1.77. The minimum Gasteiger partial charge on any atom is -0.493 e. The second kappa shape index (κ2) is 13.6. The van der Waals surface area contributed by atoms with Gasteiger partial charge >= 0.3 is 0 Å². The van der Waals surface area contributed by atoms with Crippen LogP contribution in [0.15, 0.2) is 42.5 Å². The summed E-state index contributed by atoms with van der Waals surface area (Å²) >= 11 is 0. The first kappa shape index (κ1) is 29.8. The Hall–Kier alpha value is -3.26. The summed E-state index contributed by atoms with van der Waals surface area (Å²) in [5, 5.41) is 0. The standard InChI is InChI=1S/C35H47N3O5/c1-2-42-32-13-12-28(24-31(32)36-17-4-5-18-36)33(39)37-20-15-35(16-21-37)14-3-6-22-41-25-29-10-8-19-38(29)34(40)27-9-7-11-30(23-27)43-26-35/h7,9,11-13,23-24,29H,2-6,8,10,14-22,25-26H2,1H3/t29-/m0/s1. The number of hydrogen-bond donors (Lipinski definition) is 0.